The SMILES string of the molecule is CC(C)(C)CCS(=O)(=O)Nc1ccccc1CCl. The number of hydrogen-bond donors (Lipinski definition) is 1. The molecule has 0 saturated carbocycles. The van der Waals surface area contributed by atoms with E-state index < -0.39 is 10.0 Å². The molecule has 0 aliphatic carbocycles. The van der Waals surface area contributed by atoms with E-state index in [9.17, 15) is 8.42 Å². The molecule has 0 bridgehead atoms. The van der Waals surface area contributed by atoms with Crippen molar-refractivity contribution in [2.24, 2.45) is 5.41 Å². The lowest BCUT2D eigenvalue weighted by Crippen LogP contribution is -2.21. The molecule has 0 radical (unpaired) electrons. The van der Waals surface area contributed by atoms with Gasteiger partial charge >= 0.3 is 0 Å². The van der Waals surface area contributed by atoms with E-state index in [-0.39, 0.29) is 17.0 Å². The van der Waals surface area contributed by atoms with Crippen molar-refractivity contribution in [2.75, 3.05) is 10.5 Å². The van der Waals surface area contributed by atoms with Crippen LogP contribution in [-0.4, -0.2) is 14.2 Å². The van der Waals surface area contributed by atoms with Crippen LogP contribution in [0.25, 0.3) is 0 Å². The highest BCUT2D eigenvalue weighted by Crippen LogP contribution is 2.22. The number of benzene rings is 1. The third-order valence-electron chi connectivity index (χ3n) is 2.55. The highest BCUT2D eigenvalue weighted by Gasteiger charge is 2.18. The van der Waals surface area contributed by atoms with Gasteiger partial charge < -0.3 is 0 Å². The Hall–Kier alpha value is -0.740. The molecule has 0 fully saturated rings. The number of nitrogens with one attached hydrogen (secondary N) is 1. The maximum atomic E-state index is 12.0. The van der Waals surface area contributed by atoms with Crippen LogP contribution < -0.4 is 4.72 Å². The van der Waals surface area contributed by atoms with Crippen molar-refractivity contribution < 1.29 is 8.42 Å². The van der Waals surface area contributed by atoms with E-state index in [4.69, 9.17) is 11.6 Å². The summed E-state index contributed by atoms with van der Waals surface area (Å²) in [6, 6.07) is 7.17. The first-order chi connectivity index (χ1) is 8.23. The first-order valence-electron chi connectivity index (χ1n) is 5.88. The van der Waals surface area contributed by atoms with Gasteiger partial charge in [-0.05, 0) is 23.5 Å². The normalized spacial score (nSPS) is 12.4. The Morgan fingerprint density at radius 3 is 2.39 bits per heavy atom. The number of alkyl halides is 1. The molecular formula is C13H20ClNO2S. The predicted molar refractivity (Wildman–Crippen MR) is 77.5 cm³/mol. The summed E-state index contributed by atoms with van der Waals surface area (Å²) in [6.07, 6.45) is 0.616. The van der Waals surface area contributed by atoms with Crippen molar-refractivity contribution in [3.05, 3.63) is 29.8 Å². The van der Waals surface area contributed by atoms with E-state index in [0.717, 1.165) is 5.56 Å². The van der Waals surface area contributed by atoms with Crippen molar-refractivity contribution in [1.29, 1.82) is 0 Å². The second-order valence-electron chi connectivity index (χ2n) is 5.52. The fraction of sp³-hybridized carbons (Fsp3) is 0.538. The molecule has 0 aromatic heterocycles. The van der Waals surface area contributed by atoms with E-state index in [1.54, 1.807) is 12.1 Å². The lowest BCUT2D eigenvalue weighted by Gasteiger charge is -2.18. The Bertz CT molecular complexity index is 492. The van der Waals surface area contributed by atoms with Crippen LogP contribution in [0.1, 0.15) is 32.8 Å². The molecule has 0 heterocycles. The van der Waals surface area contributed by atoms with Gasteiger partial charge in [-0.15, -0.1) is 11.6 Å². The molecule has 0 atom stereocenters. The molecular weight excluding hydrogens is 270 g/mol. The van der Waals surface area contributed by atoms with E-state index in [1.165, 1.54) is 0 Å². The smallest absolute Gasteiger partial charge is 0.232 e. The quantitative estimate of drug-likeness (QED) is 0.842. The zero-order valence-electron chi connectivity index (χ0n) is 11.0. The second-order valence-corrected chi connectivity index (χ2v) is 7.63. The van der Waals surface area contributed by atoms with Crippen LogP contribution in [0.15, 0.2) is 24.3 Å². The lowest BCUT2D eigenvalue weighted by molar-refractivity contribution is 0.397. The number of hydrogen-bond acceptors (Lipinski definition) is 2. The van der Waals surface area contributed by atoms with Crippen LogP contribution in [0.2, 0.25) is 0 Å². The van der Waals surface area contributed by atoms with E-state index in [1.807, 2.05) is 32.9 Å². The molecule has 0 aliphatic rings. The minimum Gasteiger partial charge on any atom is -0.283 e. The van der Waals surface area contributed by atoms with Gasteiger partial charge in [0.15, 0.2) is 0 Å². The summed E-state index contributed by atoms with van der Waals surface area (Å²) in [6.45, 7) is 6.07. The van der Waals surface area contributed by atoms with Crippen LogP contribution in [0, 0.1) is 5.41 Å². The lowest BCUT2D eigenvalue weighted by atomic mass is 9.94. The third kappa shape index (κ3) is 5.27. The maximum absolute atomic E-state index is 12.0. The minimum absolute atomic E-state index is 0.000747. The number of para-hydroxylation sites is 1. The molecule has 0 unspecified atom stereocenters. The molecule has 1 aromatic rings. The number of halogens is 1. The van der Waals surface area contributed by atoms with Crippen LogP contribution in [0.3, 0.4) is 0 Å². The molecule has 5 heteroatoms. The molecule has 0 aliphatic heterocycles. The van der Waals surface area contributed by atoms with Crippen LogP contribution in [-0.2, 0) is 15.9 Å². The molecule has 18 heavy (non-hydrogen) atoms. The Labute approximate surface area is 115 Å². The molecule has 3 nitrogen and oxygen atoms in total. The maximum Gasteiger partial charge on any atom is 0.232 e. The van der Waals surface area contributed by atoms with Gasteiger partial charge in [0.1, 0.15) is 0 Å². The van der Waals surface area contributed by atoms with E-state index in [0.29, 0.717) is 12.1 Å². The zero-order valence-corrected chi connectivity index (χ0v) is 12.6. The number of sulfonamides is 1. The second kappa shape index (κ2) is 5.93. The first kappa shape index (κ1) is 15.3. The van der Waals surface area contributed by atoms with Gasteiger partial charge in [-0.2, -0.15) is 0 Å². The van der Waals surface area contributed by atoms with Crippen LogP contribution in [0.4, 0.5) is 5.69 Å². The summed E-state index contributed by atoms with van der Waals surface area (Å²) in [5.74, 6) is 0.408. The fourth-order valence-corrected chi connectivity index (χ4v) is 3.15. The molecule has 1 N–H and O–H groups in total. The Morgan fingerprint density at radius 1 is 1.22 bits per heavy atom. The minimum atomic E-state index is -3.31. The summed E-state index contributed by atoms with van der Waals surface area (Å²) >= 11 is 5.78. The summed E-state index contributed by atoms with van der Waals surface area (Å²) in [5, 5.41) is 0. The predicted octanol–water partition coefficient (Wildman–Crippen LogP) is 3.60. The fourth-order valence-electron chi connectivity index (χ4n) is 1.40. The molecule has 1 rings (SSSR count). The summed E-state index contributed by atoms with van der Waals surface area (Å²) in [7, 11) is -3.31. The van der Waals surface area contributed by atoms with Gasteiger partial charge in [0.25, 0.3) is 0 Å². The van der Waals surface area contributed by atoms with E-state index >= 15 is 0 Å². The van der Waals surface area contributed by atoms with Crippen molar-refractivity contribution in [2.45, 2.75) is 33.1 Å². The Balaban J connectivity index is 2.77. The van der Waals surface area contributed by atoms with Gasteiger partial charge in [-0.3, -0.25) is 4.72 Å². The highest BCUT2D eigenvalue weighted by atomic mass is 35.5. The summed E-state index contributed by atoms with van der Waals surface area (Å²) in [5.41, 5.74) is 1.36. The van der Waals surface area contributed by atoms with Crippen molar-refractivity contribution in [3.63, 3.8) is 0 Å². The molecule has 0 saturated heterocycles. The topological polar surface area (TPSA) is 46.2 Å². The van der Waals surface area contributed by atoms with Crippen molar-refractivity contribution >= 4 is 27.3 Å². The average molecular weight is 290 g/mol. The van der Waals surface area contributed by atoms with Gasteiger partial charge in [-0.25, -0.2) is 8.42 Å². The van der Waals surface area contributed by atoms with Crippen molar-refractivity contribution in [1.82, 2.24) is 0 Å². The molecule has 1 aromatic carbocycles. The summed E-state index contributed by atoms with van der Waals surface area (Å²) < 4.78 is 26.5. The van der Waals surface area contributed by atoms with E-state index in [2.05, 4.69) is 4.72 Å². The standard InChI is InChI=1S/C13H20ClNO2S/c1-13(2,3)8-9-18(16,17)15-12-7-5-4-6-11(12)10-14/h4-7,15H,8-10H2,1-3H3. The highest BCUT2D eigenvalue weighted by molar-refractivity contribution is 7.92. The Morgan fingerprint density at radius 2 is 1.83 bits per heavy atom. The monoisotopic (exact) mass is 289 g/mol. The molecule has 102 valence electrons. The van der Waals surface area contributed by atoms with Crippen molar-refractivity contribution in [3.8, 4) is 0 Å². The Kier molecular flexibility index (Phi) is 5.05. The third-order valence-corrected chi connectivity index (χ3v) is 4.11. The van der Waals surface area contributed by atoms with Crippen LogP contribution in [0.5, 0.6) is 0 Å². The number of rotatable bonds is 5. The van der Waals surface area contributed by atoms with Gasteiger partial charge in [0, 0.05) is 5.88 Å². The molecule has 0 amide bonds. The van der Waals surface area contributed by atoms with Gasteiger partial charge in [0.2, 0.25) is 10.0 Å². The van der Waals surface area contributed by atoms with Crippen LogP contribution >= 0.6 is 11.6 Å². The first-order valence-corrected chi connectivity index (χ1v) is 8.06. The summed E-state index contributed by atoms with van der Waals surface area (Å²) in [4.78, 5) is 0. The van der Waals surface area contributed by atoms with Gasteiger partial charge in [0.05, 0.1) is 11.4 Å². The largest absolute Gasteiger partial charge is 0.283 e. The molecule has 0 spiro atoms. The average Bonchev–Trinajstić information content (AvgIpc) is 2.26. The van der Waals surface area contributed by atoms with Gasteiger partial charge in [-0.1, -0.05) is 39.0 Å². The zero-order chi connectivity index (χ0) is 13.8. The number of anilines is 1.